The molecule has 1 saturated carbocycles. The topological polar surface area (TPSA) is 92.4 Å². The summed E-state index contributed by atoms with van der Waals surface area (Å²) in [5.74, 6) is 0.149. The highest BCUT2D eigenvalue weighted by Crippen LogP contribution is 2.32. The van der Waals surface area contributed by atoms with Gasteiger partial charge < -0.3 is 10.8 Å². The molecule has 2 rings (SSSR count). The van der Waals surface area contributed by atoms with Crippen LogP contribution < -0.4 is 10.5 Å². The Morgan fingerprint density at radius 3 is 2.32 bits per heavy atom. The monoisotopic (exact) mass is 324 g/mol. The Kier molecular flexibility index (Phi) is 4.27. The van der Waals surface area contributed by atoms with E-state index in [1.807, 2.05) is 0 Å². The summed E-state index contributed by atoms with van der Waals surface area (Å²) in [4.78, 5) is -0.162. The van der Waals surface area contributed by atoms with Gasteiger partial charge in [-0.2, -0.15) is 0 Å². The SMILES string of the molecule is Nc1cc(Cl)c(S(=O)(=O)NCC2CC(O)C2)c(Cl)c1. The highest BCUT2D eigenvalue weighted by molar-refractivity contribution is 7.89. The molecule has 1 aromatic carbocycles. The first-order valence-electron chi connectivity index (χ1n) is 5.72. The minimum Gasteiger partial charge on any atom is -0.399 e. The van der Waals surface area contributed by atoms with E-state index in [-0.39, 0.29) is 33.5 Å². The molecule has 0 heterocycles. The number of nitrogens with two attached hydrogens (primary N) is 1. The van der Waals surface area contributed by atoms with Crippen molar-refractivity contribution in [2.75, 3.05) is 12.3 Å². The Balaban J connectivity index is 2.15. The van der Waals surface area contributed by atoms with E-state index in [0.29, 0.717) is 18.5 Å². The maximum Gasteiger partial charge on any atom is 0.243 e. The maximum atomic E-state index is 12.1. The summed E-state index contributed by atoms with van der Waals surface area (Å²) in [6.45, 7) is 0.260. The van der Waals surface area contributed by atoms with Crippen LogP contribution in [0.2, 0.25) is 10.0 Å². The van der Waals surface area contributed by atoms with Crippen LogP contribution >= 0.6 is 23.2 Å². The standard InChI is InChI=1S/C11H14Cl2N2O3S/c12-9-3-7(14)4-10(13)11(9)19(17,18)15-5-6-1-8(16)2-6/h3-4,6,8,15-16H,1-2,5,14H2. The third kappa shape index (κ3) is 3.32. The van der Waals surface area contributed by atoms with E-state index < -0.39 is 10.0 Å². The number of halogens is 2. The van der Waals surface area contributed by atoms with Crippen molar-refractivity contribution < 1.29 is 13.5 Å². The lowest BCUT2D eigenvalue weighted by atomic mass is 9.83. The van der Waals surface area contributed by atoms with Gasteiger partial charge >= 0.3 is 0 Å². The van der Waals surface area contributed by atoms with Crippen LogP contribution in [0, 0.1) is 5.92 Å². The molecular weight excluding hydrogens is 311 g/mol. The molecule has 5 nitrogen and oxygen atoms in total. The van der Waals surface area contributed by atoms with E-state index >= 15 is 0 Å². The molecule has 0 aromatic heterocycles. The number of nitrogens with one attached hydrogen (secondary N) is 1. The summed E-state index contributed by atoms with van der Waals surface area (Å²) >= 11 is 11.8. The number of aliphatic hydroxyl groups is 1. The number of hydrogen-bond donors (Lipinski definition) is 3. The van der Waals surface area contributed by atoms with Gasteiger partial charge in [-0.05, 0) is 30.9 Å². The van der Waals surface area contributed by atoms with Gasteiger partial charge in [0, 0.05) is 12.2 Å². The number of sulfonamides is 1. The third-order valence-corrected chi connectivity index (χ3v) is 5.41. The Morgan fingerprint density at radius 1 is 1.32 bits per heavy atom. The largest absolute Gasteiger partial charge is 0.399 e. The van der Waals surface area contributed by atoms with E-state index in [2.05, 4.69) is 4.72 Å². The fraction of sp³-hybridized carbons (Fsp3) is 0.455. The number of benzene rings is 1. The third-order valence-electron chi connectivity index (χ3n) is 3.06. The van der Waals surface area contributed by atoms with Crippen LogP contribution in [0.15, 0.2) is 17.0 Å². The van der Waals surface area contributed by atoms with Crippen molar-refractivity contribution in [1.82, 2.24) is 4.72 Å². The van der Waals surface area contributed by atoms with Crippen LogP contribution in [0.1, 0.15) is 12.8 Å². The van der Waals surface area contributed by atoms with Gasteiger partial charge in [-0.1, -0.05) is 23.2 Å². The fourth-order valence-electron chi connectivity index (χ4n) is 2.00. The lowest BCUT2D eigenvalue weighted by Gasteiger charge is -2.31. The first-order chi connectivity index (χ1) is 8.79. The zero-order valence-corrected chi connectivity index (χ0v) is 12.3. The van der Waals surface area contributed by atoms with E-state index in [1.165, 1.54) is 12.1 Å². The van der Waals surface area contributed by atoms with Crippen LogP contribution in [0.4, 0.5) is 5.69 Å². The average molecular weight is 325 g/mol. The first-order valence-corrected chi connectivity index (χ1v) is 7.96. The zero-order valence-electron chi connectivity index (χ0n) is 9.94. The summed E-state index contributed by atoms with van der Waals surface area (Å²) in [7, 11) is -3.78. The lowest BCUT2D eigenvalue weighted by molar-refractivity contribution is 0.0453. The molecular formula is C11H14Cl2N2O3S. The summed E-state index contributed by atoms with van der Waals surface area (Å²) in [5, 5.41) is 9.13. The minimum atomic E-state index is -3.78. The molecule has 8 heteroatoms. The number of hydrogen-bond acceptors (Lipinski definition) is 4. The first kappa shape index (κ1) is 14.9. The van der Waals surface area contributed by atoms with Gasteiger partial charge in [-0.25, -0.2) is 13.1 Å². The van der Waals surface area contributed by atoms with Crippen molar-refractivity contribution in [2.24, 2.45) is 5.92 Å². The van der Waals surface area contributed by atoms with Gasteiger partial charge in [-0.15, -0.1) is 0 Å². The molecule has 0 atom stereocenters. The van der Waals surface area contributed by atoms with Gasteiger partial charge in [-0.3, -0.25) is 0 Å². The minimum absolute atomic E-state index is 0.00820. The predicted molar refractivity (Wildman–Crippen MR) is 74.8 cm³/mol. The van der Waals surface area contributed by atoms with Crippen LogP contribution in [0.3, 0.4) is 0 Å². The van der Waals surface area contributed by atoms with E-state index in [9.17, 15) is 8.42 Å². The normalized spacial score (nSPS) is 23.1. The van der Waals surface area contributed by atoms with Crippen molar-refractivity contribution in [2.45, 2.75) is 23.8 Å². The predicted octanol–water partition coefficient (Wildman–Crippen LogP) is 1.62. The van der Waals surface area contributed by atoms with Gasteiger partial charge in [0.2, 0.25) is 10.0 Å². The summed E-state index contributed by atoms with van der Waals surface area (Å²) in [6.07, 6.45) is 0.885. The van der Waals surface area contributed by atoms with Crippen molar-refractivity contribution in [1.29, 1.82) is 0 Å². The quantitative estimate of drug-likeness (QED) is 0.734. The smallest absolute Gasteiger partial charge is 0.243 e. The van der Waals surface area contributed by atoms with Crippen molar-refractivity contribution >= 4 is 38.9 Å². The van der Waals surface area contributed by atoms with E-state index in [4.69, 9.17) is 34.0 Å². The molecule has 0 radical (unpaired) electrons. The lowest BCUT2D eigenvalue weighted by Crippen LogP contribution is -2.38. The Morgan fingerprint density at radius 2 is 1.84 bits per heavy atom. The van der Waals surface area contributed by atoms with Crippen LogP contribution in [0.25, 0.3) is 0 Å². The summed E-state index contributed by atoms with van der Waals surface area (Å²) in [6, 6.07) is 2.68. The molecule has 0 aliphatic heterocycles. The van der Waals surface area contributed by atoms with Crippen LogP contribution in [0.5, 0.6) is 0 Å². The number of aliphatic hydroxyl groups excluding tert-OH is 1. The van der Waals surface area contributed by atoms with Crippen LogP contribution in [-0.4, -0.2) is 26.2 Å². The molecule has 1 aliphatic rings. The second-order valence-electron chi connectivity index (χ2n) is 4.66. The molecule has 19 heavy (non-hydrogen) atoms. The molecule has 1 fully saturated rings. The van der Waals surface area contributed by atoms with E-state index in [1.54, 1.807) is 0 Å². The van der Waals surface area contributed by atoms with Crippen molar-refractivity contribution in [3.05, 3.63) is 22.2 Å². The zero-order chi connectivity index (χ0) is 14.2. The van der Waals surface area contributed by atoms with Gasteiger partial charge in [0.25, 0.3) is 0 Å². The molecule has 4 N–H and O–H groups in total. The molecule has 0 spiro atoms. The Bertz CT molecular complexity index is 563. The fourth-order valence-corrected chi connectivity index (χ4v) is 4.35. The second-order valence-corrected chi connectivity index (χ2v) is 7.18. The van der Waals surface area contributed by atoms with Crippen molar-refractivity contribution in [3.8, 4) is 0 Å². The number of rotatable bonds is 4. The summed E-state index contributed by atoms with van der Waals surface area (Å²) < 4.78 is 26.7. The van der Waals surface area contributed by atoms with E-state index in [0.717, 1.165) is 0 Å². The molecule has 0 unspecified atom stereocenters. The molecule has 1 aliphatic carbocycles. The highest BCUT2D eigenvalue weighted by atomic mass is 35.5. The number of anilines is 1. The summed E-state index contributed by atoms with van der Waals surface area (Å²) in [5.41, 5.74) is 5.83. The highest BCUT2D eigenvalue weighted by Gasteiger charge is 2.29. The van der Waals surface area contributed by atoms with Gasteiger partial charge in [0.05, 0.1) is 16.1 Å². The molecule has 106 valence electrons. The van der Waals surface area contributed by atoms with Gasteiger partial charge in [0.1, 0.15) is 4.90 Å². The molecule has 0 amide bonds. The Hall–Kier alpha value is -0.530. The molecule has 1 aromatic rings. The van der Waals surface area contributed by atoms with Gasteiger partial charge in [0.15, 0.2) is 0 Å². The number of nitrogen functional groups attached to an aromatic ring is 1. The average Bonchev–Trinajstić information content (AvgIpc) is 2.20. The maximum absolute atomic E-state index is 12.1. The second kappa shape index (κ2) is 5.46. The van der Waals surface area contributed by atoms with Crippen molar-refractivity contribution in [3.63, 3.8) is 0 Å². The molecule has 0 bridgehead atoms. The van der Waals surface area contributed by atoms with Crippen LogP contribution in [-0.2, 0) is 10.0 Å². The molecule has 0 saturated heterocycles. The Labute approximate surface area is 121 Å².